The monoisotopic (exact) mass is 531 g/mol. The average molecular weight is 532 g/mol. The van der Waals surface area contributed by atoms with Gasteiger partial charge in [0.25, 0.3) is 0 Å². The number of nitrogens with zero attached hydrogens (tertiary/aromatic N) is 3. The Balaban J connectivity index is 1.34. The molecule has 0 bridgehead atoms. The summed E-state index contributed by atoms with van der Waals surface area (Å²) in [6.07, 6.45) is 3.52. The minimum Gasteiger partial charge on any atom is -0.487 e. The van der Waals surface area contributed by atoms with Crippen LogP contribution in [0.3, 0.4) is 0 Å². The van der Waals surface area contributed by atoms with Crippen molar-refractivity contribution in [2.24, 2.45) is 11.8 Å². The predicted octanol–water partition coefficient (Wildman–Crippen LogP) is 6.18. The third-order valence-electron chi connectivity index (χ3n) is 7.65. The lowest BCUT2D eigenvalue weighted by Crippen LogP contribution is -2.22. The molecule has 2 heterocycles. The summed E-state index contributed by atoms with van der Waals surface area (Å²) in [5, 5.41) is 10.7. The van der Waals surface area contributed by atoms with Crippen LogP contribution in [0.4, 0.5) is 0 Å². The SMILES string of the molecule is Cc1cc(OCc2cnnn2-c2ccc(Br)c3ccccc23)c(C)c2c1CC[C@H]1[C@H](C)C(=O)O[C@@H]21. The Morgan fingerprint density at radius 3 is 2.80 bits per heavy atom. The lowest BCUT2D eigenvalue weighted by molar-refractivity contribution is -0.144. The molecule has 0 amide bonds. The zero-order valence-electron chi connectivity index (χ0n) is 19.9. The number of carbonyl (C=O) groups excluding carboxylic acids is 1. The smallest absolute Gasteiger partial charge is 0.309 e. The highest BCUT2D eigenvalue weighted by Gasteiger charge is 2.46. The fourth-order valence-electron chi connectivity index (χ4n) is 5.71. The maximum atomic E-state index is 12.3. The lowest BCUT2D eigenvalue weighted by atomic mass is 9.74. The molecule has 0 radical (unpaired) electrons. The van der Waals surface area contributed by atoms with Crippen LogP contribution in [0.15, 0.2) is 53.1 Å². The molecular formula is C28H26BrN3O3. The highest BCUT2D eigenvalue weighted by atomic mass is 79.9. The molecule has 0 N–H and O–H groups in total. The van der Waals surface area contributed by atoms with Crippen molar-refractivity contribution in [3.05, 3.63) is 81.1 Å². The summed E-state index contributed by atoms with van der Waals surface area (Å²) in [5.74, 6) is 0.900. The first-order valence-corrected chi connectivity index (χ1v) is 12.8. The highest BCUT2D eigenvalue weighted by molar-refractivity contribution is 9.10. The molecule has 0 saturated carbocycles. The van der Waals surface area contributed by atoms with Crippen molar-refractivity contribution in [1.29, 1.82) is 0 Å². The van der Waals surface area contributed by atoms with E-state index in [0.717, 1.165) is 56.3 Å². The number of halogens is 1. The van der Waals surface area contributed by atoms with E-state index >= 15 is 0 Å². The van der Waals surface area contributed by atoms with Gasteiger partial charge in [0.05, 0.1) is 17.8 Å². The summed E-state index contributed by atoms with van der Waals surface area (Å²) in [6.45, 7) is 6.50. The molecule has 35 heavy (non-hydrogen) atoms. The fourth-order valence-corrected chi connectivity index (χ4v) is 6.19. The number of esters is 1. The van der Waals surface area contributed by atoms with Gasteiger partial charge in [0.2, 0.25) is 0 Å². The van der Waals surface area contributed by atoms with Gasteiger partial charge < -0.3 is 9.47 Å². The van der Waals surface area contributed by atoms with Gasteiger partial charge in [-0.1, -0.05) is 52.3 Å². The Labute approximate surface area is 212 Å². The second kappa shape index (κ2) is 8.48. The number of aromatic nitrogens is 3. The molecule has 7 heteroatoms. The number of hydrogen-bond donors (Lipinski definition) is 0. The van der Waals surface area contributed by atoms with E-state index in [0.29, 0.717) is 6.61 Å². The summed E-state index contributed by atoms with van der Waals surface area (Å²) in [6, 6.07) is 14.4. The topological polar surface area (TPSA) is 66.2 Å². The van der Waals surface area contributed by atoms with Crippen LogP contribution < -0.4 is 4.74 Å². The van der Waals surface area contributed by atoms with Gasteiger partial charge in [-0.15, -0.1) is 5.10 Å². The van der Waals surface area contributed by atoms with Crippen molar-refractivity contribution in [2.45, 2.75) is 46.3 Å². The zero-order valence-corrected chi connectivity index (χ0v) is 21.5. The van der Waals surface area contributed by atoms with Gasteiger partial charge in [0.1, 0.15) is 24.2 Å². The second-order valence-electron chi connectivity index (χ2n) is 9.60. The van der Waals surface area contributed by atoms with Crippen LogP contribution >= 0.6 is 15.9 Å². The van der Waals surface area contributed by atoms with Crippen LogP contribution in [0.2, 0.25) is 0 Å². The molecule has 2 aliphatic rings. The fraction of sp³-hybridized carbons (Fsp3) is 0.321. The quantitative estimate of drug-likeness (QED) is 0.294. The number of rotatable bonds is 4. The van der Waals surface area contributed by atoms with Gasteiger partial charge in [0.15, 0.2) is 0 Å². The van der Waals surface area contributed by atoms with Gasteiger partial charge in [-0.25, -0.2) is 4.68 Å². The third-order valence-corrected chi connectivity index (χ3v) is 8.34. The molecular weight excluding hydrogens is 506 g/mol. The molecule has 3 aromatic carbocycles. The Bertz CT molecular complexity index is 1480. The van der Waals surface area contributed by atoms with Crippen molar-refractivity contribution in [1.82, 2.24) is 15.0 Å². The van der Waals surface area contributed by atoms with Crippen LogP contribution in [0, 0.1) is 25.7 Å². The Hall–Kier alpha value is -3.19. The Morgan fingerprint density at radius 2 is 1.97 bits per heavy atom. The third kappa shape index (κ3) is 3.56. The first-order chi connectivity index (χ1) is 16.9. The van der Waals surface area contributed by atoms with Crippen LogP contribution in [-0.2, 0) is 22.6 Å². The molecule has 0 spiro atoms. The standard InChI is InChI=1S/C28H26BrN3O3/c1-15-12-25(17(3)26-19(15)8-9-20-16(2)28(33)35-27(20)26)34-14-18-13-30-31-32(18)24-11-10-23(29)21-6-4-5-7-22(21)24/h4-7,10-13,16,20,27H,8-9,14H2,1-3H3/t16-,20-,27+/m0/s1. The molecule has 178 valence electrons. The molecule has 1 aliphatic carbocycles. The van der Waals surface area contributed by atoms with Crippen molar-refractivity contribution in [3.63, 3.8) is 0 Å². The van der Waals surface area contributed by atoms with E-state index in [1.165, 1.54) is 11.1 Å². The van der Waals surface area contributed by atoms with E-state index in [2.05, 4.69) is 58.3 Å². The van der Waals surface area contributed by atoms with E-state index in [1.54, 1.807) is 6.20 Å². The normalized spacial score (nSPS) is 21.0. The van der Waals surface area contributed by atoms with Gasteiger partial charge >= 0.3 is 5.97 Å². The van der Waals surface area contributed by atoms with E-state index in [1.807, 2.05) is 35.9 Å². The van der Waals surface area contributed by atoms with Gasteiger partial charge in [-0.3, -0.25) is 4.79 Å². The van der Waals surface area contributed by atoms with Crippen LogP contribution in [0.5, 0.6) is 5.75 Å². The second-order valence-corrected chi connectivity index (χ2v) is 10.4. The largest absolute Gasteiger partial charge is 0.487 e. The molecule has 6 rings (SSSR count). The molecule has 4 aromatic rings. The molecule has 1 saturated heterocycles. The molecule has 3 atom stereocenters. The van der Waals surface area contributed by atoms with Crippen LogP contribution in [-0.4, -0.2) is 21.0 Å². The Kier molecular flexibility index (Phi) is 5.40. The van der Waals surface area contributed by atoms with Gasteiger partial charge in [-0.05, 0) is 67.0 Å². The molecule has 1 fully saturated rings. The minimum atomic E-state index is -0.176. The number of ether oxygens (including phenoxy) is 2. The summed E-state index contributed by atoms with van der Waals surface area (Å²) in [7, 11) is 0. The number of fused-ring (bicyclic) bond motifs is 4. The van der Waals surface area contributed by atoms with Gasteiger partial charge in [-0.2, -0.15) is 0 Å². The minimum absolute atomic E-state index is 0.0569. The Morgan fingerprint density at radius 1 is 1.17 bits per heavy atom. The first kappa shape index (κ1) is 22.3. The molecule has 6 nitrogen and oxygen atoms in total. The zero-order chi connectivity index (χ0) is 24.3. The highest BCUT2D eigenvalue weighted by Crippen LogP contribution is 2.49. The molecule has 0 unspecified atom stereocenters. The van der Waals surface area contributed by atoms with Gasteiger partial charge in [0, 0.05) is 21.3 Å². The maximum absolute atomic E-state index is 12.3. The number of hydrogen-bond acceptors (Lipinski definition) is 5. The molecule has 1 aliphatic heterocycles. The molecule has 1 aromatic heterocycles. The van der Waals surface area contributed by atoms with E-state index in [4.69, 9.17) is 9.47 Å². The van der Waals surface area contributed by atoms with Crippen molar-refractivity contribution < 1.29 is 14.3 Å². The summed E-state index contributed by atoms with van der Waals surface area (Å²) in [4.78, 5) is 12.3. The number of carbonyl (C=O) groups is 1. The maximum Gasteiger partial charge on any atom is 0.309 e. The van der Waals surface area contributed by atoms with Crippen LogP contribution in [0.25, 0.3) is 16.5 Å². The van der Waals surface area contributed by atoms with E-state index in [-0.39, 0.29) is 23.9 Å². The van der Waals surface area contributed by atoms with Crippen LogP contribution in [0.1, 0.15) is 47.4 Å². The number of benzene rings is 3. The average Bonchev–Trinajstić information content (AvgIpc) is 3.44. The van der Waals surface area contributed by atoms with Crippen molar-refractivity contribution >= 4 is 32.7 Å². The summed E-state index contributed by atoms with van der Waals surface area (Å²) < 4.78 is 15.1. The lowest BCUT2D eigenvalue weighted by Gasteiger charge is -2.31. The van der Waals surface area contributed by atoms with E-state index in [9.17, 15) is 4.79 Å². The van der Waals surface area contributed by atoms with E-state index < -0.39 is 0 Å². The first-order valence-electron chi connectivity index (χ1n) is 12.0. The summed E-state index contributed by atoms with van der Waals surface area (Å²) in [5.41, 5.74) is 6.47. The van der Waals surface area contributed by atoms with Crippen molar-refractivity contribution in [3.8, 4) is 11.4 Å². The predicted molar refractivity (Wildman–Crippen MR) is 137 cm³/mol. The number of aryl methyl sites for hydroxylation is 1. The summed E-state index contributed by atoms with van der Waals surface area (Å²) >= 11 is 3.64. The van der Waals surface area contributed by atoms with Crippen molar-refractivity contribution in [2.75, 3.05) is 0 Å².